The van der Waals surface area contributed by atoms with Crippen LogP contribution in [0.5, 0.6) is 5.75 Å². The van der Waals surface area contributed by atoms with Crippen molar-refractivity contribution in [2.24, 2.45) is 7.05 Å². The Labute approximate surface area is 112 Å². The van der Waals surface area contributed by atoms with E-state index < -0.39 is 11.2 Å². The minimum atomic E-state index is -0.510. The minimum absolute atomic E-state index is 0.0515. The maximum absolute atomic E-state index is 12.2. The van der Waals surface area contributed by atoms with Gasteiger partial charge in [-0.2, -0.15) is 0 Å². The van der Waals surface area contributed by atoms with Crippen molar-refractivity contribution in [3.05, 3.63) is 27.7 Å². The molecule has 0 unspecified atom stereocenters. The summed E-state index contributed by atoms with van der Waals surface area (Å²) in [5, 5.41) is 12.7. The van der Waals surface area contributed by atoms with Crippen LogP contribution in [0.15, 0.2) is 10.9 Å². The van der Waals surface area contributed by atoms with Gasteiger partial charge in [0.05, 0.1) is 0 Å². The number of carbonyl (C=O) groups is 1. The molecule has 1 aromatic rings. The molecule has 1 aromatic heterocycles. The summed E-state index contributed by atoms with van der Waals surface area (Å²) in [6, 6.07) is 1.48. The summed E-state index contributed by atoms with van der Waals surface area (Å²) >= 11 is 0. The van der Waals surface area contributed by atoms with Gasteiger partial charge >= 0.3 is 0 Å². The van der Waals surface area contributed by atoms with E-state index in [1.54, 1.807) is 18.5 Å². The molecule has 1 amide bonds. The number of rotatable bonds is 2. The molecule has 1 heterocycles. The van der Waals surface area contributed by atoms with Crippen LogP contribution in [-0.4, -0.2) is 21.6 Å². The van der Waals surface area contributed by atoms with Gasteiger partial charge in [-0.25, -0.2) is 0 Å². The van der Waals surface area contributed by atoms with Crippen LogP contribution in [-0.2, 0) is 7.05 Å². The zero-order chi connectivity index (χ0) is 14.0. The van der Waals surface area contributed by atoms with Crippen LogP contribution in [0.3, 0.4) is 0 Å². The Morgan fingerprint density at radius 2 is 2.00 bits per heavy atom. The molecule has 1 aliphatic carbocycles. The molecule has 1 saturated carbocycles. The van der Waals surface area contributed by atoms with E-state index in [0.717, 1.165) is 25.7 Å². The summed E-state index contributed by atoms with van der Waals surface area (Å²) in [6.07, 6.45) is 5.37. The van der Waals surface area contributed by atoms with Crippen LogP contribution in [0.1, 0.15) is 48.3 Å². The first kappa shape index (κ1) is 13.6. The van der Waals surface area contributed by atoms with Crippen LogP contribution < -0.4 is 10.7 Å². The Balaban J connectivity index is 2.25. The normalized spacial score (nSPS) is 16.3. The van der Waals surface area contributed by atoms with Crippen LogP contribution in [0.2, 0.25) is 0 Å². The number of aromatic hydroxyl groups is 1. The fraction of sp³-hybridized carbons (Fsp3) is 0.571. The third-order valence-corrected chi connectivity index (χ3v) is 3.82. The molecule has 0 radical (unpaired) electrons. The summed E-state index contributed by atoms with van der Waals surface area (Å²) in [4.78, 5) is 23.8. The van der Waals surface area contributed by atoms with E-state index in [1.165, 1.54) is 12.5 Å². The third kappa shape index (κ3) is 2.80. The Hall–Kier alpha value is -1.78. The van der Waals surface area contributed by atoms with E-state index in [9.17, 15) is 14.7 Å². The maximum Gasteiger partial charge on any atom is 0.272 e. The fourth-order valence-corrected chi connectivity index (χ4v) is 2.57. The highest BCUT2D eigenvalue weighted by Crippen LogP contribution is 2.19. The molecule has 0 aliphatic heterocycles. The molecule has 2 N–H and O–H groups in total. The molecule has 2 rings (SSSR count). The lowest BCUT2D eigenvalue weighted by atomic mass is 9.95. The highest BCUT2D eigenvalue weighted by Gasteiger charge is 2.22. The lowest BCUT2D eigenvalue weighted by Crippen LogP contribution is -2.38. The monoisotopic (exact) mass is 264 g/mol. The van der Waals surface area contributed by atoms with Gasteiger partial charge in [-0.1, -0.05) is 19.3 Å². The van der Waals surface area contributed by atoms with Gasteiger partial charge in [-0.05, 0) is 19.8 Å². The maximum atomic E-state index is 12.2. The standard InChI is InChI=1S/C14H20N2O3/c1-9-8-11(17)13(18)12(16(9)2)14(19)15-10-6-4-3-5-7-10/h8,10,18H,3-7H2,1-2H3,(H,15,19). The Bertz CT molecular complexity index is 542. The van der Waals surface area contributed by atoms with E-state index in [0.29, 0.717) is 5.69 Å². The average molecular weight is 264 g/mol. The molecule has 0 bridgehead atoms. The largest absolute Gasteiger partial charge is 0.503 e. The molecule has 5 heteroatoms. The van der Waals surface area contributed by atoms with Gasteiger partial charge < -0.3 is 15.0 Å². The molecule has 0 saturated heterocycles. The van der Waals surface area contributed by atoms with Crippen molar-refractivity contribution in [2.75, 3.05) is 0 Å². The lowest BCUT2D eigenvalue weighted by molar-refractivity contribution is 0.0914. The SMILES string of the molecule is Cc1cc(=O)c(O)c(C(=O)NC2CCCCC2)n1C. The number of nitrogens with zero attached hydrogens (tertiary/aromatic N) is 1. The number of aromatic nitrogens is 1. The summed E-state index contributed by atoms with van der Waals surface area (Å²) in [6.45, 7) is 1.73. The first-order valence-electron chi connectivity index (χ1n) is 6.71. The van der Waals surface area contributed by atoms with Gasteiger partial charge in [-0.15, -0.1) is 0 Å². The van der Waals surface area contributed by atoms with Gasteiger partial charge in [0.2, 0.25) is 5.43 Å². The molecule has 19 heavy (non-hydrogen) atoms. The van der Waals surface area contributed by atoms with Crippen molar-refractivity contribution in [3.8, 4) is 5.75 Å². The predicted octanol–water partition coefficient (Wildman–Crippen LogP) is 1.46. The number of amides is 1. The van der Waals surface area contributed by atoms with Crippen LogP contribution >= 0.6 is 0 Å². The summed E-state index contributed by atoms with van der Waals surface area (Å²) < 4.78 is 1.55. The first-order valence-corrected chi connectivity index (χ1v) is 6.71. The second-order valence-electron chi connectivity index (χ2n) is 5.21. The van der Waals surface area contributed by atoms with Gasteiger partial charge in [0.1, 0.15) is 0 Å². The number of pyridine rings is 1. The average Bonchev–Trinajstić information content (AvgIpc) is 2.38. The van der Waals surface area contributed by atoms with Crippen molar-refractivity contribution in [3.63, 3.8) is 0 Å². The van der Waals surface area contributed by atoms with Crippen molar-refractivity contribution in [1.82, 2.24) is 9.88 Å². The molecular formula is C14H20N2O3. The van der Waals surface area contributed by atoms with Crippen LogP contribution in [0, 0.1) is 6.92 Å². The summed E-state index contributed by atoms with van der Waals surface area (Å²) in [5.41, 5.74) is 0.191. The van der Waals surface area contributed by atoms with E-state index in [-0.39, 0.29) is 17.6 Å². The highest BCUT2D eigenvalue weighted by atomic mass is 16.3. The van der Waals surface area contributed by atoms with Gasteiger partial charge in [-0.3, -0.25) is 9.59 Å². The van der Waals surface area contributed by atoms with E-state index in [4.69, 9.17) is 0 Å². The zero-order valence-electron chi connectivity index (χ0n) is 11.4. The fourth-order valence-electron chi connectivity index (χ4n) is 2.57. The second-order valence-corrected chi connectivity index (χ2v) is 5.21. The summed E-state index contributed by atoms with van der Waals surface area (Å²) in [7, 11) is 1.67. The number of aryl methyl sites for hydroxylation is 1. The lowest BCUT2D eigenvalue weighted by Gasteiger charge is -2.23. The number of hydrogen-bond acceptors (Lipinski definition) is 3. The van der Waals surface area contributed by atoms with E-state index in [1.807, 2.05) is 0 Å². The minimum Gasteiger partial charge on any atom is -0.503 e. The molecule has 104 valence electrons. The van der Waals surface area contributed by atoms with E-state index in [2.05, 4.69) is 5.32 Å². The number of hydrogen-bond donors (Lipinski definition) is 2. The molecular weight excluding hydrogens is 244 g/mol. The Kier molecular flexibility index (Phi) is 3.93. The molecule has 1 fully saturated rings. The van der Waals surface area contributed by atoms with Crippen molar-refractivity contribution < 1.29 is 9.90 Å². The highest BCUT2D eigenvalue weighted by molar-refractivity contribution is 5.95. The van der Waals surface area contributed by atoms with E-state index >= 15 is 0 Å². The van der Waals surface area contributed by atoms with Crippen LogP contribution in [0.4, 0.5) is 0 Å². The van der Waals surface area contributed by atoms with Gasteiger partial charge in [0.15, 0.2) is 11.4 Å². The second kappa shape index (κ2) is 5.47. The molecule has 0 spiro atoms. The molecule has 1 aliphatic rings. The quantitative estimate of drug-likeness (QED) is 0.849. The van der Waals surface area contributed by atoms with Gasteiger partial charge in [0, 0.05) is 24.8 Å². The predicted molar refractivity (Wildman–Crippen MR) is 72.4 cm³/mol. The van der Waals surface area contributed by atoms with Crippen molar-refractivity contribution in [2.45, 2.75) is 45.1 Å². The molecule has 0 atom stereocenters. The third-order valence-electron chi connectivity index (χ3n) is 3.82. The topological polar surface area (TPSA) is 71.3 Å². The van der Waals surface area contributed by atoms with Gasteiger partial charge in [0.25, 0.3) is 5.91 Å². The number of nitrogens with one attached hydrogen (secondary N) is 1. The Morgan fingerprint density at radius 1 is 1.37 bits per heavy atom. The molecule has 0 aromatic carbocycles. The molecule has 5 nitrogen and oxygen atoms in total. The zero-order valence-corrected chi connectivity index (χ0v) is 11.4. The van der Waals surface area contributed by atoms with Crippen LogP contribution in [0.25, 0.3) is 0 Å². The van der Waals surface area contributed by atoms with Crippen molar-refractivity contribution in [1.29, 1.82) is 0 Å². The Morgan fingerprint density at radius 3 is 2.63 bits per heavy atom. The summed E-state index contributed by atoms with van der Waals surface area (Å²) in [5.74, 6) is -0.839. The number of carbonyl (C=O) groups excluding carboxylic acids is 1. The smallest absolute Gasteiger partial charge is 0.272 e. The van der Waals surface area contributed by atoms with Crippen molar-refractivity contribution >= 4 is 5.91 Å². The first-order chi connectivity index (χ1) is 9.00.